The maximum absolute atomic E-state index is 6.07. The highest BCUT2D eigenvalue weighted by atomic mass is 35.5. The van der Waals surface area contributed by atoms with Gasteiger partial charge in [-0.05, 0) is 25.1 Å². The molecule has 0 fully saturated rings. The number of hydrogen-bond donors (Lipinski definition) is 1. The molecule has 0 radical (unpaired) electrons. The Kier molecular flexibility index (Phi) is 5.81. The van der Waals surface area contributed by atoms with Gasteiger partial charge in [0.15, 0.2) is 0 Å². The van der Waals surface area contributed by atoms with Crippen molar-refractivity contribution in [2.45, 2.75) is 11.8 Å². The van der Waals surface area contributed by atoms with Crippen molar-refractivity contribution in [3.8, 4) is 0 Å². The third-order valence-electron chi connectivity index (χ3n) is 2.07. The summed E-state index contributed by atoms with van der Waals surface area (Å²) in [5.74, 6) is 0. The third kappa shape index (κ3) is 4.25. The minimum absolute atomic E-state index is 0.643. The van der Waals surface area contributed by atoms with Crippen LogP contribution in [-0.2, 0) is 0 Å². The predicted octanol–water partition coefficient (Wildman–Crippen LogP) is 4.69. The fourth-order valence-corrected chi connectivity index (χ4v) is 1.73. The first-order valence-corrected chi connectivity index (χ1v) is 5.98. The molecule has 0 aliphatic rings. The SMILES string of the molecule is C=C\C=C/C(=C\C)/N=C/c1c(S)cccc1Cl. The number of halogens is 1. The van der Waals surface area contributed by atoms with E-state index in [1.54, 1.807) is 12.3 Å². The second-order valence-electron chi connectivity index (χ2n) is 3.24. The molecule has 1 aromatic carbocycles. The lowest BCUT2D eigenvalue weighted by Gasteiger charge is -2.01. The maximum Gasteiger partial charge on any atom is 0.0587 e. The van der Waals surface area contributed by atoms with Crippen LogP contribution in [0.5, 0.6) is 0 Å². The van der Waals surface area contributed by atoms with Crippen LogP contribution in [0.25, 0.3) is 0 Å². The van der Waals surface area contributed by atoms with Gasteiger partial charge in [0.25, 0.3) is 0 Å². The average Bonchev–Trinajstić information content (AvgIpc) is 2.32. The van der Waals surface area contributed by atoms with Crippen LogP contribution in [0.1, 0.15) is 12.5 Å². The molecule has 17 heavy (non-hydrogen) atoms. The number of allylic oxidation sites excluding steroid dienone is 4. The monoisotopic (exact) mass is 263 g/mol. The lowest BCUT2D eigenvalue weighted by atomic mass is 10.2. The molecule has 1 rings (SSSR count). The summed E-state index contributed by atoms with van der Waals surface area (Å²) >= 11 is 10.4. The Bertz CT molecular complexity index is 467. The van der Waals surface area contributed by atoms with Gasteiger partial charge in [0.2, 0.25) is 0 Å². The zero-order valence-electron chi connectivity index (χ0n) is 9.60. The fourth-order valence-electron chi connectivity index (χ4n) is 1.17. The Hall–Kier alpha value is -1.25. The molecule has 0 amide bonds. The minimum atomic E-state index is 0.643. The summed E-state index contributed by atoms with van der Waals surface area (Å²) in [5, 5.41) is 0.643. The Morgan fingerprint density at radius 3 is 2.82 bits per heavy atom. The Morgan fingerprint density at radius 2 is 2.24 bits per heavy atom. The Morgan fingerprint density at radius 1 is 1.47 bits per heavy atom. The van der Waals surface area contributed by atoms with Crippen LogP contribution >= 0.6 is 24.2 Å². The maximum atomic E-state index is 6.07. The van der Waals surface area contributed by atoms with E-state index in [0.29, 0.717) is 5.02 Å². The van der Waals surface area contributed by atoms with Crippen LogP contribution in [0.4, 0.5) is 0 Å². The van der Waals surface area contributed by atoms with Crippen LogP contribution in [0.3, 0.4) is 0 Å². The third-order valence-corrected chi connectivity index (χ3v) is 2.79. The van der Waals surface area contributed by atoms with Crippen molar-refractivity contribution in [1.29, 1.82) is 0 Å². The average molecular weight is 264 g/mol. The molecule has 0 aliphatic heterocycles. The second kappa shape index (κ2) is 7.15. The number of nitrogens with zero attached hydrogens (tertiary/aromatic N) is 1. The molecule has 0 atom stereocenters. The minimum Gasteiger partial charge on any atom is -0.257 e. The van der Waals surface area contributed by atoms with Gasteiger partial charge < -0.3 is 0 Å². The van der Waals surface area contributed by atoms with Gasteiger partial charge in [-0.2, -0.15) is 0 Å². The molecule has 0 saturated carbocycles. The van der Waals surface area contributed by atoms with Gasteiger partial charge in [-0.3, -0.25) is 4.99 Å². The van der Waals surface area contributed by atoms with Crippen LogP contribution < -0.4 is 0 Å². The molecule has 0 heterocycles. The van der Waals surface area contributed by atoms with Crippen molar-refractivity contribution in [3.05, 3.63) is 65.4 Å². The molecule has 0 unspecified atom stereocenters. The van der Waals surface area contributed by atoms with Crippen molar-refractivity contribution < 1.29 is 0 Å². The van der Waals surface area contributed by atoms with E-state index < -0.39 is 0 Å². The summed E-state index contributed by atoms with van der Waals surface area (Å²) in [7, 11) is 0. The van der Waals surface area contributed by atoms with E-state index >= 15 is 0 Å². The molecule has 3 heteroatoms. The van der Waals surface area contributed by atoms with Gasteiger partial charge in [-0.1, -0.05) is 42.5 Å². The van der Waals surface area contributed by atoms with Gasteiger partial charge in [0, 0.05) is 16.7 Å². The van der Waals surface area contributed by atoms with E-state index in [0.717, 1.165) is 16.2 Å². The lowest BCUT2D eigenvalue weighted by Crippen LogP contribution is -1.86. The Labute approximate surface area is 113 Å². The van der Waals surface area contributed by atoms with Crippen LogP contribution in [0, 0.1) is 0 Å². The van der Waals surface area contributed by atoms with Crippen LogP contribution in [0.15, 0.2) is 64.7 Å². The molecule has 1 nitrogen and oxygen atoms in total. The summed E-state index contributed by atoms with van der Waals surface area (Å²) in [6.07, 6.45) is 9.04. The highest BCUT2D eigenvalue weighted by Crippen LogP contribution is 2.21. The second-order valence-corrected chi connectivity index (χ2v) is 4.13. The van der Waals surface area contributed by atoms with Gasteiger partial charge >= 0.3 is 0 Å². The van der Waals surface area contributed by atoms with E-state index in [2.05, 4.69) is 24.2 Å². The molecular formula is C14H14ClNS. The molecule has 0 aliphatic carbocycles. The topological polar surface area (TPSA) is 12.4 Å². The molecule has 88 valence electrons. The molecule has 0 N–H and O–H groups in total. The summed E-state index contributed by atoms with van der Waals surface area (Å²) in [5.41, 5.74) is 1.67. The van der Waals surface area contributed by atoms with Gasteiger partial charge in [0.1, 0.15) is 0 Å². The lowest BCUT2D eigenvalue weighted by molar-refractivity contribution is 1.37. The summed E-state index contributed by atoms with van der Waals surface area (Å²) < 4.78 is 0. The van der Waals surface area contributed by atoms with E-state index in [9.17, 15) is 0 Å². The largest absolute Gasteiger partial charge is 0.257 e. The van der Waals surface area contributed by atoms with Crippen molar-refractivity contribution in [2.75, 3.05) is 0 Å². The Balaban J connectivity index is 2.97. The summed E-state index contributed by atoms with van der Waals surface area (Å²) in [6, 6.07) is 5.55. The molecule has 0 aromatic heterocycles. The number of hydrogen-bond acceptors (Lipinski definition) is 2. The molecule has 0 spiro atoms. The quantitative estimate of drug-likeness (QED) is 0.460. The smallest absolute Gasteiger partial charge is 0.0587 e. The summed E-state index contributed by atoms with van der Waals surface area (Å²) in [4.78, 5) is 5.15. The van der Waals surface area contributed by atoms with E-state index in [-0.39, 0.29) is 0 Å². The molecule has 0 bridgehead atoms. The van der Waals surface area contributed by atoms with Crippen LogP contribution in [0.2, 0.25) is 5.02 Å². The highest BCUT2D eigenvalue weighted by molar-refractivity contribution is 7.80. The van der Waals surface area contributed by atoms with Crippen molar-refractivity contribution in [1.82, 2.24) is 0 Å². The number of benzene rings is 1. The zero-order chi connectivity index (χ0) is 12.7. The first-order chi connectivity index (χ1) is 8.19. The fraction of sp³-hybridized carbons (Fsp3) is 0.0714. The van der Waals surface area contributed by atoms with E-state index in [1.807, 2.05) is 43.4 Å². The van der Waals surface area contributed by atoms with Crippen molar-refractivity contribution >= 4 is 30.4 Å². The van der Waals surface area contributed by atoms with Gasteiger partial charge in [-0.25, -0.2) is 0 Å². The van der Waals surface area contributed by atoms with E-state index in [4.69, 9.17) is 11.6 Å². The van der Waals surface area contributed by atoms with Gasteiger partial charge in [-0.15, -0.1) is 12.6 Å². The number of rotatable bonds is 4. The first-order valence-electron chi connectivity index (χ1n) is 5.16. The zero-order valence-corrected chi connectivity index (χ0v) is 11.2. The molecular weight excluding hydrogens is 250 g/mol. The summed E-state index contributed by atoms with van der Waals surface area (Å²) in [6.45, 7) is 5.54. The number of thiol groups is 1. The standard InChI is InChI=1S/C14H14ClNS/c1-3-5-7-11(4-2)16-10-12-13(15)8-6-9-14(12)17/h3-10,17H,1H2,2H3/b7-5-,11-4+,16-10+. The van der Waals surface area contributed by atoms with Crippen LogP contribution in [-0.4, -0.2) is 6.21 Å². The number of aliphatic imine (C=N–C) groups is 1. The van der Waals surface area contributed by atoms with Crippen molar-refractivity contribution in [3.63, 3.8) is 0 Å². The first kappa shape index (κ1) is 13.8. The van der Waals surface area contributed by atoms with Gasteiger partial charge in [0.05, 0.1) is 10.7 Å². The predicted molar refractivity (Wildman–Crippen MR) is 79.4 cm³/mol. The van der Waals surface area contributed by atoms with E-state index in [1.165, 1.54) is 0 Å². The van der Waals surface area contributed by atoms with Crippen molar-refractivity contribution in [2.24, 2.45) is 4.99 Å². The molecule has 0 saturated heterocycles. The normalized spacial score (nSPS) is 12.5. The highest BCUT2D eigenvalue weighted by Gasteiger charge is 2.00. The molecule has 1 aromatic rings.